The second-order valence-corrected chi connectivity index (χ2v) is 8.19. The molecule has 0 atom stereocenters. The summed E-state index contributed by atoms with van der Waals surface area (Å²) in [5, 5.41) is 7.86. The third-order valence-corrected chi connectivity index (χ3v) is 6.04. The summed E-state index contributed by atoms with van der Waals surface area (Å²) in [6, 6.07) is 10.1. The first-order valence-corrected chi connectivity index (χ1v) is 11.1. The van der Waals surface area contributed by atoms with Crippen LogP contribution in [0.3, 0.4) is 0 Å². The monoisotopic (exact) mass is 446 g/mol. The smallest absolute Gasteiger partial charge is 0.256 e. The van der Waals surface area contributed by atoms with Gasteiger partial charge < -0.3 is 14.2 Å². The fraction of sp³-hybridized carbons (Fsp3) is 0.333. The van der Waals surface area contributed by atoms with Gasteiger partial charge in [-0.25, -0.2) is 4.52 Å². The quantitative estimate of drug-likeness (QED) is 0.491. The van der Waals surface area contributed by atoms with Crippen molar-refractivity contribution in [3.63, 3.8) is 0 Å². The van der Waals surface area contributed by atoms with E-state index in [1.165, 1.54) is 7.11 Å². The van der Waals surface area contributed by atoms with E-state index in [-0.39, 0.29) is 24.4 Å². The molecule has 1 aliphatic rings. The lowest BCUT2D eigenvalue weighted by atomic mass is 10.0. The number of hydrogen-bond donors (Lipinski definition) is 1. The lowest BCUT2D eigenvalue weighted by molar-refractivity contribution is -0.119. The number of anilines is 1. The van der Waals surface area contributed by atoms with Gasteiger partial charge in [-0.3, -0.25) is 14.9 Å². The molecule has 170 valence electrons. The van der Waals surface area contributed by atoms with Crippen LogP contribution in [0.2, 0.25) is 0 Å². The standard InChI is InChI=1S/C24H26N6O3/c1-3-28-14-19(23(32)29-9-4-5-10-29)18-12-16(6-7-20(18)28)17-8-11-30-21(13-17)25-24(27-30)26-22(31)15-33-2/h6-8,11-14H,3-5,9-10,15H2,1-2H3,(H,26,27,31). The lowest BCUT2D eigenvalue weighted by Gasteiger charge is -2.14. The minimum absolute atomic E-state index is 0.0588. The van der Waals surface area contributed by atoms with E-state index in [0.717, 1.165) is 60.1 Å². The Bertz CT molecular complexity index is 1350. The molecular formula is C24H26N6O3. The molecule has 1 fully saturated rings. The molecule has 2 amide bonds. The first-order valence-electron chi connectivity index (χ1n) is 11.1. The van der Waals surface area contributed by atoms with Gasteiger partial charge in [0.15, 0.2) is 5.65 Å². The Morgan fingerprint density at radius 3 is 2.67 bits per heavy atom. The van der Waals surface area contributed by atoms with Crippen molar-refractivity contribution < 1.29 is 14.3 Å². The van der Waals surface area contributed by atoms with Crippen LogP contribution in [0.1, 0.15) is 30.1 Å². The van der Waals surface area contributed by atoms with Crippen molar-refractivity contribution in [2.24, 2.45) is 0 Å². The van der Waals surface area contributed by atoms with Gasteiger partial charge in [-0.15, -0.1) is 5.10 Å². The summed E-state index contributed by atoms with van der Waals surface area (Å²) in [7, 11) is 1.46. The second kappa shape index (κ2) is 8.67. The molecule has 1 N–H and O–H groups in total. The number of carbonyl (C=O) groups is 2. The molecule has 0 saturated carbocycles. The number of likely N-dealkylation sites (tertiary alicyclic amines) is 1. The Morgan fingerprint density at radius 2 is 1.91 bits per heavy atom. The van der Waals surface area contributed by atoms with E-state index in [0.29, 0.717) is 5.65 Å². The van der Waals surface area contributed by atoms with Crippen LogP contribution in [0.4, 0.5) is 5.95 Å². The topological polar surface area (TPSA) is 93.8 Å². The number of benzene rings is 1. The van der Waals surface area contributed by atoms with Crippen LogP contribution >= 0.6 is 0 Å². The van der Waals surface area contributed by atoms with Gasteiger partial charge in [-0.05, 0) is 55.2 Å². The van der Waals surface area contributed by atoms with Gasteiger partial charge in [0.1, 0.15) is 6.61 Å². The molecule has 0 bridgehead atoms. The normalized spacial score (nSPS) is 13.8. The van der Waals surface area contributed by atoms with E-state index in [1.807, 2.05) is 23.2 Å². The molecule has 0 spiro atoms. The van der Waals surface area contributed by atoms with Crippen LogP contribution in [-0.2, 0) is 16.1 Å². The van der Waals surface area contributed by atoms with Crippen molar-refractivity contribution in [2.45, 2.75) is 26.3 Å². The first-order chi connectivity index (χ1) is 16.1. The van der Waals surface area contributed by atoms with E-state index in [2.05, 4.69) is 45.1 Å². The summed E-state index contributed by atoms with van der Waals surface area (Å²) in [4.78, 5) is 31.3. The van der Waals surface area contributed by atoms with E-state index < -0.39 is 0 Å². The van der Waals surface area contributed by atoms with Gasteiger partial charge in [0.05, 0.1) is 5.56 Å². The highest BCUT2D eigenvalue weighted by atomic mass is 16.5. The van der Waals surface area contributed by atoms with Crippen molar-refractivity contribution in [2.75, 3.05) is 32.1 Å². The van der Waals surface area contributed by atoms with Crippen LogP contribution in [0, 0.1) is 0 Å². The zero-order valence-electron chi connectivity index (χ0n) is 18.7. The van der Waals surface area contributed by atoms with Crippen LogP contribution in [0.15, 0.2) is 42.7 Å². The van der Waals surface area contributed by atoms with Crippen LogP contribution in [-0.4, -0.2) is 62.7 Å². The maximum absolute atomic E-state index is 13.2. The fourth-order valence-corrected chi connectivity index (χ4v) is 4.41. The van der Waals surface area contributed by atoms with E-state index in [9.17, 15) is 9.59 Å². The predicted octanol–water partition coefficient (Wildman–Crippen LogP) is 3.19. The summed E-state index contributed by atoms with van der Waals surface area (Å²) < 4.78 is 8.56. The Kier molecular flexibility index (Phi) is 5.55. The van der Waals surface area contributed by atoms with Crippen LogP contribution in [0.25, 0.3) is 27.7 Å². The third kappa shape index (κ3) is 3.95. The highest BCUT2D eigenvalue weighted by Gasteiger charge is 2.23. The van der Waals surface area contributed by atoms with Crippen molar-refractivity contribution in [3.05, 3.63) is 48.3 Å². The maximum atomic E-state index is 13.2. The molecule has 1 aliphatic heterocycles. The number of rotatable bonds is 6. The number of carbonyl (C=O) groups excluding carboxylic acids is 2. The Labute approximate surface area is 191 Å². The van der Waals surface area contributed by atoms with Crippen molar-refractivity contribution in [3.8, 4) is 11.1 Å². The Hall–Kier alpha value is -3.72. The van der Waals surface area contributed by atoms with Crippen LogP contribution in [0.5, 0.6) is 0 Å². The minimum atomic E-state index is -0.310. The Morgan fingerprint density at radius 1 is 1.12 bits per heavy atom. The highest BCUT2D eigenvalue weighted by Crippen LogP contribution is 2.30. The highest BCUT2D eigenvalue weighted by molar-refractivity contribution is 6.08. The SMILES string of the molecule is CCn1cc(C(=O)N2CCCC2)c2cc(-c3ccn4nc(NC(=O)COC)nc4c3)ccc21. The molecule has 33 heavy (non-hydrogen) atoms. The molecular weight excluding hydrogens is 420 g/mol. The largest absolute Gasteiger partial charge is 0.375 e. The average molecular weight is 447 g/mol. The van der Waals surface area contributed by atoms with Gasteiger partial charge in [0, 0.05) is 50.0 Å². The number of methoxy groups -OCH3 is 1. The molecule has 4 heterocycles. The molecule has 0 unspecified atom stereocenters. The van der Waals surface area contributed by atoms with Gasteiger partial charge in [-0.1, -0.05) is 6.07 Å². The maximum Gasteiger partial charge on any atom is 0.256 e. The number of fused-ring (bicyclic) bond motifs is 2. The number of pyridine rings is 1. The van der Waals surface area contributed by atoms with E-state index in [1.54, 1.807) is 10.7 Å². The molecule has 1 saturated heterocycles. The summed E-state index contributed by atoms with van der Waals surface area (Å²) >= 11 is 0. The number of aryl methyl sites for hydroxylation is 1. The average Bonchev–Trinajstić information content (AvgIpc) is 3.55. The molecule has 0 radical (unpaired) electrons. The number of nitrogens with one attached hydrogen (secondary N) is 1. The van der Waals surface area contributed by atoms with Gasteiger partial charge in [0.2, 0.25) is 5.95 Å². The lowest BCUT2D eigenvalue weighted by Crippen LogP contribution is -2.27. The molecule has 5 rings (SSSR count). The van der Waals surface area contributed by atoms with E-state index >= 15 is 0 Å². The molecule has 0 aliphatic carbocycles. The van der Waals surface area contributed by atoms with E-state index in [4.69, 9.17) is 4.74 Å². The number of hydrogen-bond acceptors (Lipinski definition) is 5. The van der Waals surface area contributed by atoms with Crippen molar-refractivity contribution >= 4 is 34.3 Å². The molecule has 9 heteroatoms. The van der Waals surface area contributed by atoms with Gasteiger partial charge in [-0.2, -0.15) is 4.98 Å². The molecule has 4 aromatic rings. The summed E-state index contributed by atoms with van der Waals surface area (Å²) in [6.45, 7) is 4.47. The van der Waals surface area contributed by atoms with Gasteiger partial charge >= 0.3 is 0 Å². The number of amides is 2. The zero-order chi connectivity index (χ0) is 22.9. The number of ether oxygens (including phenoxy) is 1. The molecule has 9 nitrogen and oxygen atoms in total. The number of nitrogens with zero attached hydrogens (tertiary/aromatic N) is 5. The van der Waals surface area contributed by atoms with Crippen molar-refractivity contribution in [1.82, 2.24) is 24.1 Å². The molecule has 1 aromatic carbocycles. The third-order valence-electron chi connectivity index (χ3n) is 6.04. The zero-order valence-corrected chi connectivity index (χ0v) is 18.7. The predicted molar refractivity (Wildman–Crippen MR) is 125 cm³/mol. The summed E-state index contributed by atoms with van der Waals surface area (Å²) in [6.07, 6.45) is 5.92. The molecule has 3 aromatic heterocycles. The number of aromatic nitrogens is 4. The Balaban J connectivity index is 1.52. The van der Waals surface area contributed by atoms with Gasteiger partial charge in [0.25, 0.3) is 11.8 Å². The second-order valence-electron chi connectivity index (χ2n) is 8.19. The summed E-state index contributed by atoms with van der Waals surface area (Å²) in [5.74, 6) is 0.0177. The van der Waals surface area contributed by atoms with Crippen molar-refractivity contribution in [1.29, 1.82) is 0 Å². The van der Waals surface area contributed by atoms with Crippen LogP contribution < -0.4 is 5.32 Å². The summed E-state index contributed by atoms with van der Waals surface area (Å²) in [5.41, 5.74) is 4.36. The first kappa shape index (κ1) is 21.1. The fourth-order valence-electron chi connectivity index (χ4n) is 4.41. The minimum Gasteiger partial charge on any atom is -0.375 e.